The third-order valence-electron chi connectivity index (χ3n) is 2.04. The zero-order chi connectivity index (χ0) is 12.1. The first-order chi connectivity index (χ1) is 7.50. The van der Waals surface area contributed by atoms with Crippen LogP contribution in [0.1, 0.15) is 17.3 Å². The summed E-state index contributed by atoms with van der Waals surface area (Å²) < 4.78 is 5.23. The summed E-state index contributed by atoms with van der Waals surface area (Å²) in [6, 6.07) is 6.31. The van der Waals surface area contributed by atoms with Gasteiger partial charge >= 0.3 is 5.97 Å². The summed E-state index contributed by atoms with van der Waals surface area (Å²) in [6.45, 7) is 1.60. The average molecular weight is 223 g/mol. The quantitative estimate of drug-likeness (QED) is 0.775. The summed E-state index contributed by atoms with van der Waals surface area (Å²) >= 11 is 0. The second kappa shape index (κ2) is 5.16. The fraction of sp³-hybridized carbons (Fsp3) is 0.273. The van der Waals surface area contributed by atoms with Gasteiger partial charge in [0, 0.05) is 5.56 Å². The predicted octanol–water partition coefficient (Wildman–Crippen LogP) is 0.885. The Balaban J connectivity index is 2.64. The third kappa shape index (κ3) is 3.27. The van der Waals surface area contributed by atoms with E-state index in [1.54, 1.807) is 25.1 Å². The molecule has 16 heavy (non-hydrogen) atoms. The second-order valence-corrected chi connectivity index (χ2v) is 3.44. The Kier molecular flexibility index (Phi) is 3.88. The molecule has 1 aromatic carbocycles. The molecule has 0 spiro atoms. The maximum Gasteiger partial charge on any atom is 0.309 e. The molecule has 0 saturated carbocycles. The van der Waals surface area contributed by atoms with Crippen molar-refractivity contribution in [1.29, 1.82) is 0 Å². The highest BCUT2D eigenvalue weighted by atomic mass is 16.5. The molecule has 86 valence electrons. The Bertz CT molecular complexity index is 403. The molecule has 1 unspecified atom stereocenters. The van der Waals surface area contributed by atoms with Gasteiger partial charge in [-0.05, 0) is 25.1 Å². The zero-order valence-corrected chi connectivity index (χ0v) is 8.84. The van der Waals surface area contributed by atoms with Crippen LogP contribution in [0, 0.1) is 5.92 Å². The first-order valence-corrected chi connectivity index (χ1v) is 4.76. The minimum Gasteiger partial charge on any atom is -0.493 e. The number of carboxylic acid groups (broad SMARTS) is 1. The van der Waals surface area contributed by atoms with Crippen LogP contribution in [0.2, 0.25) is 0 Å². The normalized spacial score (nSPS) is 11.8. The van der Waals surface area contributed by atoms with E-state index in [-0.39, 0.29) is 6.61 Å². The number of carbonyl (C=O) groups excluding carboxylic acids is 1. The van der Waals surface area contributed by atoms with Gasteiger partial charge in [-0.25, -0.2) is 0 Å². The number of primary amides is 1. The van der Waals surface area contributed by atoms with Crippen LogP contribution in [0.3, 0.4) is 0 Å². The van der Waals surface area contributed by atoms with Crippen molar-refractivity contribution in [2.45, 2.75) is 6.92 Å². The van der Waals surface area contributed by atoms with Crippen LogP contribution in [-0.4, -0.2) is 23.6 Å². The van der Waals surface area contributed by atoms with Crippen LogP contribution < -0.4 is 10.5 Å². The zero-order valence-electron chi connectivity index (χ0n) is 8.84. The van der Waals surface area contributed by atoms with E-state index < -0.39 is 17.8 Å². The van der Waals surface area contributed by atoms with Gasteiger partial charge in [0.2, 0.25) is 5.91 Å². The molecule has 0 radical (unpaired) electrons. The lowest BCUT2D eigenvalue weighted by molar-refractivity contribution is -0.142. The van der Waals surface area contributed by atoms with E-state index >= 15 is 0 Å². The minimum atomic E-state index is -0.925. The first kappa shape index (κ1) is 12.0. The number of hydrogen-bond donors (Lipinski definition) is 2. The Hall–Kier alpha value is -2.04. The molecule has 1 aromatic rings. The number of carbonyl (C=O) groups is 2. The lowest BCUT2D eigenvalue weighted by Gasteiger charge is -2.09. The molecule has 0 aliphatic carbocycles. The molecule has 0 heterocycles. The number of aliphatic carboxylic acids is 1. The standard InChI is InChI=1S/C11H13NO4/c1-7(11(14)15)6-16-9-4-2-3-8(5-9)10(12)13/h2-5,7H,6H2,1H3,(H2,12,13)(H,14,15). The Morgan fingerprint density at radius 3 is 2.75 bits per heavy atom. The number of carboxylic acids is 1. The summed E-state index contributed by atoms with van der Waals surface area (Å²) in [5.74, 6) is -1.63. The molecule has 0 saturated heterocycles. The van der Waals surface area contributed by atoms with Gasteiger partial charge in [-0.3, -0.25) is 9.59 Å². The monoisotopic (exact) mass is 223 g/mol. The predicted molar refractivity (Wildman–Crippen MR) is 57.3 cm³/mol. The molecule has 0 aromatic heterocycles. The maximum absolute atomic E-state index is 10.9. The largest absolute Gasteiger partial charge is 0.493 e. The van der Waals surface area contributed by atoms with Gasteiger partial charge in [-0.1, -0.05) is 6.07 Å². The molecule has 0 fully saturated rings. The molecule has 5 nitrogen and oxygen atoms in total. The van der Waals surface area contributed by atoms with Gasteiger partial charge in [0.05, 0.1) is 5.92 Å². The van der Waals surface area contributed by atoms with Crippen LogP contribution in [-0.2, 0) is 4.79 Å². The van der Waals surface area contributed by atoms with Crippen LogP contribution in [0.5, 0.6) is 5.75 Å². The van der Waals surface area contributed by atoms with Crippen molar-refractivity contribution in [3.8, 4) is 5.75 Å². The number of benzene rings is 1. The number of nitrogens with two attached hydrogens (primary N) is 1. The van der Waals surface area contributed by atoms with Crippen LogP contribution in [0.15, 0.2) is 24.3 Å². The molecule has 0 aliphatic heterocycles. The van der Waals surface area contributed by atoms with Gasteiger partial charge in [0.1, 0.15) is 12.4 Å². The first-order valence-electron chi connectivity index (χ1n) is 4.76. The van der Waals surface area contributed by atoms with Crippen molar-refractivity contribution < 1.29 is 19.4 Å². The Morgan fingerprint density at radius 2 is 2.19 bits per heavy atom. The molecule has 1 rings (SSSR count). The van der Waals surface area contributed by atoms with Crippen LogP contribution >= 0.6 is 0 Å². The summed E-state index contributed by atoms with van der Waals surface area (Å²) in [4.78, 5) is 21.4. The maximum atomic E-state index is 10.9. The van der Waals surface area contributed by atoms with E-state index in [4.69, 9.17) is 15.6 Å². The smallest absolute Gasteiger partial charge is 0.309 e. The van der Waals surface area contributed by atoms with Crippen molar-refractivity contribution in [2.24, 2.45) is 11.7 Å². The van der Waals surface area contributed by atoms with Crippen molar-refractivity contribution in [3.63, 3.8) is 0 Å². The molecule has 0 aliphatic rings. The molecular formula is C11H13NO4. The van der Waals surface area contributed by atoms with E-state index in [0.717, 1.165) is 0 Å². The fourth-order valence-corrected chi connectivity index (χ4v) is 1.03. The Labute approximate surface area is 92.8 Å². The number of ether oxygens (including phenoxy) is 1. The van der Waals surface area contributed by atoms with Gasteiger partial charge < -0.3 is 15.6 Å². The second-order valence-electron chi connectivity index (χ2n) is 3.44. The molecule has 1 atom stereocenters. The molecule has 5 heteroatoms. The number of rotatable bonds is 5. The fourth-order valence-electron chi connectivity index (χ4n) is 1.03. The van der Waals surface area contributed by atoms with Gasteiger partial charge in [-0.15, -0.1) is 0 Å². The molecule has 3 N–H and O–H groups in total. The molecular weight excluding hydrogens is 210 g/mol. The van der Waals surface area contributed by atoms with Crippen molar-refractivity contribution in [2.75, 3.05) is 6.61 Å². The summed E-state index contributed by atoms with van der Waals surface area (Å²) in [5, 5.41) is 8.65. The van der Waals surface area contributed by atoms with E-state index in [2.05, 4.69) is 0 Å². The van der Waals surface area contributed by atoms with E-state index in [1.807, 2.05) is 0 Å². The average Bonchev–Trinajstić information content (AvgIpc) is 2.26. The molecule has 1 amide bonds. The summed E-state index contributed by atoms with van der Waals surface area (Å²) in [7, 11) is 0. The van der Waals surface area contributed by atoms with Gasteiger partial charge in [-0.2, -0.15) is 0 Å². The van der Waals surface area contributed by atoms with Crippen molar-refractivity contribution in [1.82, 2.24) is 0 Å². The van der Waals surface area contributed by atoms with Crippen LogP contribution in [0.25, 0.3) is 0 Å². The summed E-state index contributed by atoms with van der Waals surface area (Å²) in [5.41, 5.74) is 5.43. The lowest BCUT2D eigenvalue weighted by atomic mass is 10.2. The molecule has 0 bridgehead atoms. The van der Waals surface area contributed by atoms with E-state index in [1.165, 1.54) is 6.07 Å². The topological polar surface area (TPSA) is 89.6 Å². The third-order valence-corrected chi connectivity index (χ3v) is 2.04. The van der Waals surface area contributed by atoms with Gasteiger partial charge in [0.25, 0.3) is 0 Å². The number of amides is 1. The summed E-state index contributed by atoms with van der Waals surface area (Å²) in [6.07, 6.45) is 0. The highest BCUT2D eigenvalue weighted by Crippen LogP contribution is 2.13. The van der Waals surface area contributed by atoms with Crippen LogP contribution in [0.4, 0.5) is 0 Å². The SMILES string of the molecule is CC(COc1cccc(C(N)=O)c1)C(=O)O. The number of hydrogen-bond acceptors (Lipinski definition) is 3. The Morgan fingerprint density at radius 1 is 1.50 bits per heavy atom. The van der Waals surface area contributed by atoms with Crippen molar-refractivity contribution in [3.05, 3.63) is 29.8 Å². The highest BCUT2D eigenvalue weighted by Gasteiger charge is 2.11. The minimum absolute atomic E-state index is 0.0531. The van der Waals surface area contributed by atoms with E-state index in [0.29, 0.717) is 11.3 Å². The van der Waals surface area contributed by atoms with E-state index in [9.17, 15) is 9.59 Å². The highest BCUT2D eigenvalue weighted by molar-refractivity contribution is 5.93. The van der Waals surface area contributed by atoms with Gasteiger partial charge in [0.15, 0.2) is 0 Å². The lowest BCUT2D eigenvalue weighted by Crippen LogP contribution is -2.18. The van der Waals surface area contributed by atoms with Crippen molar-refractivity contribution >= 4 is 11.9 Å².